The zero-order chi connectivity index (χ0) is 34.9. The molecule has 4 N–H and O–H groups in total. The summed E-state index contributed by atoms with van der Waals surface area (Å²) in [7, 11) is 5.06. The summed E-state index contributed by atoms with van der Waals surface area (Å²) in [5.74, 6) is 0.274. The predicted molar refractivity (Wildman–Crippen MR) is 184 cm³/mol. The number of nitrogens with one attached hydrogen (secondary N) is 1. The van der Waals surface area contributed by atoms with Gasteiger partial charge in [-0.05, 0) is 37.7 Å². The molecule has 0 spiro atoms. The molecule has 1 heterocycles. The summed E-state index contributed by atoms with van der Waals surface area (Å²) < 4.78 is 11.4. The molecule has 262 valence electrons. The van der Waals surface area contributed by atoms with Crippen LogP contribution in [0.2, 0.25) is 0 Å². The second kappa shape index (κ2) is 26.7. The first-order valence-electron chi connectivity index (χ1n) is 16.7. The molecule has 2 rings (SSSR count). The average molecular weight is 639 g/mol. The lowest BCUT2D eigenvalue weighted by molar-refractivity contribution is -0.142. The Kier molecular flexibility index (Phi) is 26.4. The molecule has 1 aliphatic rings. The Labute approximate surface area is 274 Å². The van der Waals surface area contributed by atoms with E-state index in [2.05, 4.69) is 39.9 Å². The van der Waals surface area contributed by atoms with Crippen molar-refractivity contribution in [3.63, 3.8) is 0 Å². The van der Waals surface area contributed by atoms with Gasteiger partial charge in [-0.2, -0.15) is 0 Å². The van der Waals surface area contributed by atoms with E-state index in [9.17, 15) is 19.5 Å². The Morgan fingerprint density at radius 2 is 1.69 bits per heavy atom. The molecular weight excluding hydrogens is 572 g/mol. The number of hydrogen-bond acceptors (Lipinski definition) is 7. The predicted octanol–water partition coefficient (Wildman–Crippen LogP) is 4.94. The van der Waals surface area contributed by atoms with Gasteiger partial charge in [0, 0.05) is 27.8 Å². The lowest BCUT2D eigenvalue weighted by Crippen LogP contribution is -2.51. The second-order valence-corrected chi connectivity index (χ2v) is 11.4. The van der Waals surface area contributed by atoms with E-state index in [1.165, 1.54) is 6.42 Å². The summed E-state index contributed by atoms with van der Waals surface area (Å²) in [5.41, 5.74) is 6.33. The maximum atomic E-state index is 13.1. The van der Waals surface area contributed by atoms with Gasteiger partial charge in [-0.3, -0.25) is 14.4 Å². The Morgan fingerprint density at radius 3 is 2.13 bits per heavy atom. The molecule has 0 aromatic heterocycles. The maximum Gasteiger partial charge on any atom is 0.236 e. The van der Waals surface area contributed by atoms with Gasteiger partial charge in [-0.15, -0.1) is 0 Å². The minimum atomic E-state index is -0.647. The minimum Gasteiger partial charge on any atom is -0.386 e. The highest BCUT2D eigenvalue weighted by atomic mass is 16.5. The molecule has 0 radical (unpaired) electrons. The number of ether oxygens (including phenoxy) is 2. The van der Waals surface area contributed by atoms with Gasteiger partial charge in [0.25, 0.3) is 0 Å². The first kappa shape index (κ1) is 44.6. The number of aliphatic hydroxyl groups is 1. The van der Waals surface area contributed by atoms with Crippen molar-refractivity contribution in [3.05, 3.63) is 35.9 Å². The zero-order valence-electron chi connectivity index (χ0n) is 30.1. The van der Waals surface area contributed by atoms with Crippen molar-refractivity contribution in [1.29, 1.82) is 0 Å². The van der Waals surface area contributed by atoms with E-state index in [4.69, 9.17) is 15.2 Å². The van der Waals surface area contributed by atoms with E-state index < -0.39 is 6.10 Å². The fourth-order valence-corrected chi connectivity index (χ4v) is 5.37. The summed E-state index contributed by atoms with van der Waals surface area (Å²) in [4.78, 5) is 38.9. The van der Waals surface area contributed by atoms with Crippen molar-refractivity contribution < 1.29 is 29.0 Å². The standard InChI is InChI=1S/C20H39N3O4.C10H13NO2.C3H8.C2H6/c1-7-9-15(22(4)19(25)13-21)17(26-5)12-18(24)23-11-8-10-16(23)20(27-6)14(2)3;1-8(11-7-12)10(13)9-5-3-2-4-6-9;1-3-2;1-2/h14-17,20H,7-13,21H2,1-6H3;2-8,10,13H,1H3,(H,11,12);3H2,1-2H3;1-2H3. The number of nitrogens with zero attached hydrogens (tertiary/aromatic N) is 2. The van der Waals surface area contributed by atoms with E-state index in [1.54, 1.807) is 33.1 Å². The smallest absolute Gasteiger partial charge is 0.236 e. The average Bonchev–Trinajstić information content (AvgIpc) is 3.53. The van der Waals surface area contributed by atoms with Gasteiger partial charge < -0.3 is 35.4 Å². The fourth-order valence-electron chi connectivity index (χ4n) is 5.37. The summed E-state index contributed by atoms with van der Waals surface area (Å²) >= 11 is 0. The Bertz CT molecular complexity index is 888. The lowest BCUT2D eigenvalue weighted by Gasteiger charge is -2.36. The molecule has 0 saturated carbocycles. The van der Waals surface area contributed by atoms with Crippen LogP contribution in [-0.4, -0.2) is 97.8 Å². The molecular formula is C35H66N4O6. The van der Waals surface area contributed by atoms with Gasteiger partial charge in [-0.25, -0.2) is 0 Å². The third-order valence-corrected chi connectivity index (χ3v) is 7.63. The van der Waals surface area contributed by atoms with Crippen LogP contribution in [-0.2, 0) is 23.9 Å². The lowest BCUT2D eigenvalue weighted by atomic mass is 9.96. The van der Waals surface area contributed by atoms with E-state index in [0.717, 1.165) is 37.8 Å². The highest BCUT2D eigenvalue weighted by Gasteiger charge is 2.38. The number of methoxy groups -OCH3 is 2. The first-order valence-corrected chi connectivity index (χ1v) is 16.7. The molecule has 10 nitrogen and oxygen atoms in total. The summed E-state index contributed by atoms with van der Waals surface area (Å²) in [6, 6.07) is 8.92. The van der Waals surface area contributed by atoms with Gasteiger partial charge in [0.1, 0.15) is 0 Å². The van der Waals surface area contributed by atoms with Gasteiger partial charge in [0.15, 0.2) is 0 Å². The minimum absolute atomic E-state index is 0.0328. The molecule has 1 aromatic rings. The van der Waals surface area contributed by atoms with Crippen molar-refractivity contribution >= 4 is 18.2 Å². The summed E-state index contributed by atoms with van der Waals surface area (Å²) in [5, 5.41) is 12.2. The molecule has 0 bridgehead atoms. The van der Waals surface area contributed by atoms with Crippen molar-refractivity contribution in [2.24, 2.45) is 11.7 Å². The third-order valence-electron chi connectivity index (χ3n) is 7.63. The van der Waals surface area contributed by atoms with Gasteiger partial charge >= 0.3 is 0 Å². The Balaban J connectivity index is 0. The molecule has 1 aromatic carbocycles. The van der Waals surface area contributed by atoms with Crippen molar-refractivity contribution in [3.8, 4) is 0 Å². The number of nitrogens with two attached hydrogens (primary N) is 1. The van der Waals surface area contributed by atoms with Crippen molar-refractivity contribution in [2.45, 2.75) is 130 Å². The normalized spacial score (nSPS) is 17.1. The topological polar surface area (TPSA) is 134 Å². The highest BCUT2D eigenvalue weighted by Crippen LogP contribution is 2.28. The number of aliphatic hydroxyl groups excluding tert-OH is 1. The molecule has 45 heavy (non-hydrogen) atoms. The number of amides is 3. The third kappa shape index (κ3) is 16.0. The first-order chi connectivity index (χ1) is 21.5. The van der Waals surface area contributed by atoms with E-state index >= 15 is 0 Å². The van der Waals surface area contributed by atoms with Crippen LogP contribution >= 0.6 is 0 Å². The number of likely N-dealkylation sites (tertiary alicyclic amines) is 1. The number of benzene rings is 1. The Hall–Kier alpha value is -2.53. The molecule has 1 saturated heterocycles. The molecule has 10 heteroatoms. The molecule has 1 fully saturated rings. The van der Waals surface area contributed by atoms with Crippen molar-refractivity contribution in [2.75, 3.05) is 34.4 Å². The summed E-state index contributed by atoms with van der Waals surface area (Å²) in [6.07, 6.45) is 4.76. The molecule has 6 unspecified atom stereocenters. The molecule has 0 aliphatic carbocycles. The van der Waals surface area contributed by atoms with Crippen LogP contribution in [0.4, 0.5) is 0 Å². The fraction of sp³-hybridized carbons (Fsp3) is 0.743. The number of hydrogen-bond donors (Lipinski definition) is 3. The van der Waals surface area contributed by atoms with E-state index in [1.807, 2.05) is 49.1 Å². The summed E-state index contributed by atoms with van der Waals surface area (Å²) in [6.45, 7) is 17.0. The van der Waals surface area contributed by atoms with Crippen LogP contribution in [0.5, 0.6) is 0 Å². The van der Waals surface area contributed by atoms with Gasteiger partial charge in [0.05, 0.1) is 49.4 Å². The van der Waals surface area contributed by atoms with Crippen LogP contribution in [0.1, 0.15) is 106 Å². The molecule has 1 aliphatic heterocycles. The number of likely N-dealkylation sites (N-methyl/N-ethyl adjacent to an activating group) is 1. The van der Waals surface area contributed by atoms with Crippen LogP contribution in [0.15, 0.2) is 30.3 Å². The molecule has 6 atom stereocenters. The van der Waals surface area contributed by atoms with Crippen LogP contribution < -0.4 is 11.1 Å². The maximum absolute atomic E-state index is 13.1. The number of rotatable bonds is 15. The number of carbonyl (C=O) groups excluding carboxylic acids is 3. The monoisotopic (exact) mass is 638 g/mol. The van der Waals surface area contributed by atoms with Crippen molar-refractivity contribution in [1.82, 2.24) is 15.1 Å². The van der Waals surface area contributed by atoms with E-state index in [-0.39, 0.29) is 55.1 Å². The SMILES string of the molecule is CC.CC(NC=O)C(O)c1ccccc1.CCC.CCCC(C(CC(=O)N1CCCC1C(OC)C(C)C)OC)N(C)C(=O)CN. The van der Waals surface area contributed by atoms with Crippen LogP contribution in [0.25, 0.3) is 0 Å². The number of carbonyl (C=O) groups is 3. The van der Waals surface area contributed by atoms with Crippen LogP contribution in [0.3, 0.4) is 0 Å². The van der Waals surface area contributed by atoms with Gasteiger partial charge in [0.2, 0.25) is 18.2 Å². The Morgan fingerprint density at radius 1 is 1.11 bits per heavy atom. The van der Waals surface area contributed by atoms with Crippen LogP contribution in [0, 0.1) is 5.92 Å². The molecule has 3 amide bonds. The van der Waals surface area contributed by atoms with Gasteiger partial charge in [-0.1, -0.05) is 91.6 Å². The van der Waals surface area contributed by atoms with E-state index in [0.29, 0.717) is 12.3 Å². The largest absolute Gasteiger partial charge is 0.386 e. The quantitative estimate of drug-likeness (QED) is 0.232. The highest BCUT2D eigenvalue weighted by molar-refractivity contribution is 5.79. The second-order valence-electron chi connectivity index (χ2n) is 11.4. The zero-order valence-corrected chi connectivity index (χ0v) is 30.1.